The largest absolute Gasteiger partial charge is 0.261 e. The van der Waals surface area contributed by atoms with Crippen LogP contribution in [-0.4, -0.2) is 24.7 Å². The summed E-state index contributed by atoms with van der Waals surface area (Å²) in [5, 5.41) is 17.2. The molecule has 0 amide bonds. The fourth-order valence-corrected chi connectivity index (χ4v) is 4.10. The summed E-state index contributed by atoms with van der Waals surface area (Å²) in [7, 11) is 0. The van der Waals surface area contributed by atoms with Gasteiger partial charge >= 0.3 is 0 Å². The van der Waals surface area contributed by atoms with Gasteiger partial charge in [-0.2, -0.15) is 19.1 Å². The standard InChI is InChI=1S/C19H12N6S/c20-9-13-16(12-7-4-8-15-18(12)25-26-24-15)14-10-21-23-19(14)22-17(13)11-5-2-1-3-6-11/h1-8,10,13,16H,(H,21,23). The lowest BCUT2D eigenvalue weighted by atomic mass is 9.76. The molecule has 7 heteroatoms. The molecule has 3 heterocycles. The lowest BCUT2D eigenvalue weighted by molar-refractivity contribution is 0.723. The highest BCUT2D eigenvalue weighted by Gasteiger charge is 2.37. The van der Waals surface area contributed by atoms with E-state index in [1.807, 2.05) is 48.5 Å². The summed E-state index contributed by atoms with van der Waals surface area (Å²) in [6, 6.07) is 18.2. The number of aromatic nitrogens is 4. The van der Waals surface area contributed by atoms with Crippen LogP contribution in [0, 0.1) is 17.2 Å². The number of hydrogen-bond acceptors (Lipinski definition) is 6. The zero-order chi connectivity index (χ0) is 17.5. The summed E-state index contributed by atoms with van der Waals surface area (Å²) in [4.78, 5) is 4.71. The highest BCUT2D eigenvalue weighted by molar-refractivity contribution is 7.00. The number of benzene rings is 2. The van der Waals surface area contributed by atoms with Gasteiger partial charge < -0.3 is 0 Å². The van der Waals surface area contributed by atoms with Crippen molar-refractivity contribution >= 4 is 34.3 Å². The van der Waals surface area contributed by atoms with Crippen LogP contribution in [0.15, 0.2) is 59.7 Å². The third kappa shape index (κ3) is 2.16. The van der Waals surface area contributed by atoms with Crippen molar-refractivity contribution < 1.29 is 0 Å². The molecule has 2 atom stereocenters. The molecule has 0 radical (unpaired) electrons. The average molecular weight is 356 g/mol. The van der Waals surface area contributed by atoms with Crippen LogP contribution in [0.5, 0.6) is 0 Å². The van der Waals surface area contributed by atoms with Gasteiger partial charge in [0, 0.05) is 11.5 Å². The number of aliphatic imine (C=N–C) groups is 1. The quantitative estimate of drug-likeness (QED) is 0.591. The van der Waals surface area contributed by atoms with Gasteiger partial charge in [0.2, 0.25) is 0 Å². The van der Waals surface area contributed by atoms with Crippen LogP contribution in [0.25, 0.3) is 11.0 Å². The number of fused-ring (bicyclic) bond motifs is 2. The van der Waals surface area contributed by atoms with Crippen molar-refractivity contribution in [1.29, 1.82) is 5.26 Å². The Morgan fingerprint density at radius 3 is 2.73 bits per heavy atom. The normalized spacial score (nSPS) is 19.0. The monoisotopic (exact) mass is 356 g/mol. The fraction of sp³-hybridized carbons (Fsp3) is 0.105. The second-order valence-corrected chi connectivity index (χ2v) is 6.63. The van der Waals surface area contributed by atoms with E-state index in [0.717, 1.165) is 33.4 Å². The van der Waals surface area contributed by atoms with Crippen LogP contribution >= 0.6 is 11.7 Å². The number of nitrogens with one attached hydrogen (secondary N) is 1. The molecule has 6 nitrogen and oxygen atoms in total. The Morgan fingerprint density at radius 1 is 1.00 bits per heavy atom. The predicted molar refractivity (Wildman–Crippen MR) is 99.6 cm³/mol. The molecule has 2 aromatic heterocycles. The van der Waals surface area contributed by atoms with E-state index in [2.05, 4.69) is 25.0 Å². The molecule has 0 aliphatic carbocycles. The lowest BCUT2D eigenvalue weighted by Gasteiger charge is -2.27. The predicted octanol–water partition coefficient (Wildman–Crippen LogP) is 3.82. The molecule has 1 aliphatic rings. The molecule has 1 aliphatic heterocycles. The van der Waals surface area contributed by atoms with Crippen LogP contribution in [0.2, 0.25) is 0 Å². The number of nitrogens with zero attached hydrogens (tertiary/aromatic N) is 5. The Kier molecular flexibility index (Phi) is 3.37. The lowest BCUT2D eigenvalue weighted by Crippen LogP contribution is -2.26. The van der Waals surface area contributed by atoms with Crippen molar-refractivity contribution in [2.45, 2.75) is 5.92 Å². The van der Waals surface area contributed by atoms with Gasteiger partial charge in [0.25, 0.3) is 0 Å². The first kappa shape index (κ1) is 14.9. The second kappa shape index (κ2) is 5.86. The summed E-state index contributed by atoms with van der Waals surface area (Å²) in [5.74, 6) is 0.0596. The summed E-state index contributed by atoms with van der Waals surface area (Å²) >= 11 is 1.18. The summed E-state index contributed by atoms with van der Waals surface area (Å²) in [5.41, 5.74) is 5.26. The molecule has 1 N–H and O–H groups in total. The first-order valence-corrected chi connectivity index (χ1v) is 8.88. The third-order valence-corrected chi connectivity index (χ3v) is 5.25. The maximum atomic E-state index is 10.0. The number of hydrogen-bond donors (Lipinski definition) is 1. The van der Waals surface area contributed by atoms with Gasteiger partial charge in [0.1, 0.15) is 17.0 Å². The van der Waals surface area contributed by atoms with Crippen molar-refractivity contribution in [3.8, 4) is 6.07 Å². The van der Waals surface area contributed by atoms with E-state index in [-0.39, 0.29) is 5.92 Å². The van der Waals surface area contributed by atoms with E-state index in [9.17, 15) is 5.26 Å². The molecule has 5 rings (SSSR count). The van der Waals surface area contributed by atoms with Gasteiger partial charge in [0.05, 0.1) is 29.7 Å². The number of H-pyrrole nitrogens is 1. The maximum Gasteiger partial charge on any atom is 0.152 e. The first-order valence-electron chi connectivity index (χ1n) is 8.15. The van der Waals surface area contributed by atoms with Gasteiger partial charge in [-0.1, -0.05) is 42.5 Å². The van der Waals surface area contributed by atoms with Gasteiger partial charge in [-0.15, -0.1) is 0 Å². The van der Waals surface area contributed by atoms with Crippen molar-refractivity contribution in [1.82, 2.24) is 18.9 Å². The minimum atomic E-state index is -0.435. The minimum Gasteiger partial charge on any atom is -0.261 e. The zero-order valence-corrected chi connectivity index (χ0v) is 14.3. The van der Waals surface area contributed by atoms with E-state index >= 15 is 0 Å². The molecular weight excluding hydrogens is 344 g/mol. The van der Waals surface area contributed by atoms with E-state index in [1.54, 1.807) is 6.20 Å². The van der Waals surface area contributed by atoms with Gasteiger partial charge in [0.15, 0.2) is 5.82 Å². The minimum absolute atomic E-state index is 0.200. The van der Waals surface area contributed by atoms with Crippen molar-refractivity contribution in [3.63, 3.8) is 0 Å². The highest BCUT2D eigenvalue weighted by atomic mass is 32.1. The van der Waals surface area contributed by atoms with Crippen molar-refractivity contribution in [2.24, 2.45) is 10.9 Å². The van der Waals surface area contributed by atoms with Gasteiger partial charge in [-0.25, -0.2) is 4.99 Å². The second-order valence-electron chi connectivity index (χ2n) is 6.10. The molecule has 26 heavy (non-hydrogen) atoms. The molecule has 0 fully saturated rings. The Hall–Kier alpha value is -3.37. The van der Waals surface area contributed by atoms with E-state index in [0.29, 0.717) is 5.82 Å². The van der Waals surface area contributed by atoms with Crippen molar-refractivity contribution in [2.75, 3.05) is 0 Å². The van der Waals surface area contributed by atoms with Crippen molar-refractivity contribution in [3.05, 3.63) is 71.4 Å². The smallest absolute Gasteiger partial charge is 0.152 e. The Labute approximate surface area is 153 Å². The topological polar surface area (TPSA) is 90.6 Å². The SMILES string of the molecule is N#CC1C(c2ccccc2)=Nc2[nH]ncc2C1c1cccc2nsnc12. The summed E-state index contributed by atoms with van der Waals surface area (Å²) < 4.78 is 8.81. The molecule has 0 bridgehead atoms. The molecule has 2 unspecified atom stereocenters. The number of rotatable bonds is 2. The third-order valence-electron chi connectivity index (χ3n) is 4.70. The Balaban J connectivity index is 1.77. The van der Waals surface area contributed by atoms with Crippen LogP contribution in [-0.2, 0) is 0 Å². The van der Waals surface area contributed by atoms with Crippen LogP contribution in [0.4, 0.5) is 5.82 Å². The molecular formula is C19H12N6S. The van der Waals surface area contributed by atoms with Crippen LogP contribution in [0.3, 0.4) is 0 Å². The average Bonchev–Trinajstić information content (AvgIpc) is 3.36. The van der Waals surface area contributed by atoms with E-state index in [1.165, 1.54) is 11.7 Å². The summed E-state index contributed by atoms with van der Waals surface area (Å²) in [6.45, 7) is 0. The molecule has 0 saturated heterocycles. The van der Waals surface area contributed by atoms with E-state index < -0.39 is 5.92 Å². The zero-order valence-electron chi connectivity index (χ0n) is 13.5. The Morgan fingerprint density at radius 2 is 1.88 bits per heavy atom. The summed E-state index contributed by atoms with van der Waals surface area (Å²) in [6.07, 6.45) is 1.76. The molecule has 0 saturated carbocycles. The molecule has 124 valence electrons. The molecule has 4 aromatic rings. The van der Waals surface area contributed by atoms with Gasteiger partial charge in [-0.05, 0) is 17.2 Å². The van der Waals surface area contributed by atoms with E-state index in [4.69, 9.17) is 4.99 Å². The maximum absolute atomic E-state index is 10.0. The number of nitriles is 1. The molecule has 0 spiro atoms. The fourth-order valence-electron chi connectivity index (χ4n) is 3.55. The highest BCUT2D eigenvalue weighted by Crippen LogP contribution is 2.44. The molecule has 2 aromatic carbocycles. The van der Waals surface area contributed by atoms with Crippen LogP contribution < -0.4 is 0 Å². The number of aromatic amines is 1. The Bertz CT molecular complexity index is 1170. The first-order chi connectivity index (χ1) is 12.9. The van der Waals surface area contributed by atoms with Crippen LogP contribution in [0.1, 0.15) is 22.6 Å². The van der Waals surface area contributed by atoms with Gasteiger partial charge in [-0.3, -0.25) is 5.10 Å².